The van der Waals surface area contributed by atoms with Crippen molar-refractivity contribution in [3.8, 4) is 0 Å². The fraction of sp³-hybridized carbons (Fsp3) is 0.700. The monoisotopic (exact) mass is 211 g/mol. The van der Waals surface area contributed by atoms with Gasteiger partial charge in [0.1, 0.15) is 18.3 Å². The van der Waals surface area contributed by atoms with Crippen LogP contribution in [0.5, 0.6) is 0 Å². The van der Waals surface area contributed by atoms with E-state index in [0.717, 1.165) is 36.9 Å². The van der Waals surface area contributed by atoms with Gasteiger partial charge in [-0.15, -0.1) is 0 Å². The number of rotatable bonds is 3. The van der Waals surface area contributed by atoms with Gasteiger partial charge in [-0.25, -0.2) is 4.98 Å². The lowest BCUT2D eigenvalue weighted by Gasteiger charge is -2.14. The van der Waals surface area contributed by atoms with Crippen molar-refractivity contribution in [1.29, 1.82) is 0 Å². The summed E-state index contributed by atoms with van der Waals surface area (Å²) in [7, 11) is -2.19. The smallest absolute Gasteiger partial charge is 0.181 e. The van der Waals surface area contributed by atoms with Crippen LogP contribution in [0.3, 0.4) is 0 Å². The van der Waals surface area contributed by atoms with Gasteiger partial charge in [-0.05, 0) is 32.6 Å². The highest BCUT2D eigenvalue weighted by Crippen LogP contribution is 2.69. The third-order valence-corrected chi connectivity index (χ3v) is 7.52. The lowest BCUT2D eigenvalue weighted by molar-refractivity contribution is 0.527. The second-order valence-electron chi connectivity index (χ2n) is 4.40. The maximum atomic E-state index is 12.9. The molecule has 4 heteroatoms. The fourth-order valence-electron chi connectivity index (χ4n) is 2.20. The Balaban J connectivity index is 2.07. The number of hydrogen-bond acceptors (Lipinski definition) is 3. The minimum absolute atomic E-state index is 0.429. The van der Waals surface area contributed by atoms with Crippen LogP contribution in [0, 0.1) is 6.92 Å². The quantitative estimate of drug-likeness (QED) is 0.720. The van der Waals surface area contributed by atoms with Gasteiger partial charge in [0.25, 0.3) is 0 Å². The molecule has 2 aliphatic rings. The van der Waals surface area contributed by atoms with Gasteiger partial charge in [0.05, 0.1) is 0 Å². The number of aryl methyl sites for hydroxylation is 1. The van der Waals surface area contributed by atoms with E-state index < -0.39 is 7.14 Å². The zero-order valence-electron chi connectivity index (χ0n) is 8.27. The standard InChI is InChI=1S/C10H14NO2P/c1-7-10(11-6-13-7)14(12,8-2-3-8)9-4-5-9/h6,8-9H,2-5H2,1H3. The Kier molecular flexibility index (Phi) is 1.70. The van der Waals surface area contributed by atoms with E-state index in [0.29, 0.717) is 11.3 Å². The summed E-state index contributed by atoms with van der Waals surface area (Å²) in [5.41, 5.74) is 1.65. The molecule has 0 saturated heterocycles. The van der Waals surface area contributed by atoms with E-state index in [2.05, 4.69) is 4.98 Å². The van der Waals surface area contributed by atoms with Crippen molar-refractivity contribution in [3.05, 3.63) is 12.2 Å². The van der Waals surface area contributed by atoms with Crippen molar-refractivity contribution >= 4 is 12.6 Å². The summed E-state index contributed by atoms with van der Waals surface area (Å²) in [6, 6.07) is 0. The van der Waals surface area contributed by atoms with Gasteiger partial charge in [-0.3, -0.25) is 0 Å². The number of hydrogen-bond donors (Lipinski definition) is 0. The molecule has 1 heterocycles. The van der Waals surface area contributed by atoms with Crippen LogP contribution in [0.25, 0.3) is 0 Å². The van der Waals surface area contributed by atoms with Gasteiger partial charge in [0.15, 0.2) is 6.39 Å². The molecule has 0 atom stereocenters. The summed E-state index contributed by atoms with van der Waals surface area (Å²) < 4.78 is 18.1. The number of oxazole rings is 1. The molecular formula is C10H14NO2P. The molecule has 0 unspecified atom stereocenters. The maximum Gasteiger partial charge on any atom is 0.181 e. The van der Waals surface area contributed by atoms with Crippen LogP contribution in [-0.2, 0) is 4.57 Å². The van der Waals surface area contributed by atoms with Crippen molar-refractivity contribution in [3.63, 3.8) is 0 Å². The van der Waals surface area contributed by atoms with E-state index in [9.17, 15) is 4.57 Å². The Morgan fingerprint density at radius 3 is 2.29 bits per heavy atom. The van der Waals surface area contributed by atoms with Crippen molar-refractivity contribution in [1.82, 2.24) is 4.98 Å². The van der Waals surface area contributed by atoms with Crippen molar-refractivity contribution in [2.45, 2.75) is 43.9 Å². The van der Waals surface area contributed by atoms with Crippen LogP contribution in [0.15, 0.2) is 10.8 Å². The summed E-state index contributed by atoms with van der Waals surface area (Å²) in [5.74, 6) is 0.770. The van der Waals surface area contributed by atoms with Crippen LogP contribution in [0.1, 0.15) is 31.4 Å². The Bertz CT molecular complexity index is 388. The summed E-state index contributed by atoms with van der Waals surface area (Å²) in [5, 5.41) is 0. The van der Waals surface area contributed by atoms with Crippen LogP contribution < -0.4 is 5.44 Å². The maximum absolute atomic E-state index is 12.9. The molecule has 0 radical (unpaired) electrons. The Morgan fingerprint density at radius 2 is 1.93 bits per heavy atom. The number of aromatic nitrogens is 1. The van der Waals surface area contributed by atoms with E-state index in [-0.39, 0.29) is 0 Å². The van der Waals surface area contributed by atoms with Gasteiger partial charge in [0, 0.05) is 11.3 Å². The lowest BCUT2D eigenvalue weighted by Crippen LogP contribution is -2.15. The molecule has 76 valence electrons. The topological polar surface area (TPSA) is 43.1 Å². The van der Waals surface area contributed by atoms with Crippen LogP contribution in [0.2, 0.25) is 0 Å². The molecule has 2 aliphatic carbocycles. The summed E-state index contributed by atoms with van der Waals surface area (Å²) in [4.78, 5) is 4.18. The molecular weight excluding hydrogens is 197 g/mol. The molecule has 1 aromatic heterocycles. The first-order chi connectivity index (χ1) is 6.73. The third kappa shape index (κ3) is 1.12. The van der Waals surface area contributed by atoms with Gasteiger partial charge >= 0.3 is 0 Å². The van der Waals surface area contributed by atoms with Crippen molar-refractivity contribution in [2.75, 3.05) is 0 Å². The molecule has 0 aliphatic heterocycles. The van der Waals surface area contributed by atoms with Gasteiger partial charge in [0.2, 0.25) is 0 Å². The zero-order valence-corrected chi connectivity index (χ0v) is 9.17. The van der Waals surface area contributed by atoms with Crippen molar-refractivity contribution < 1.29 is 8.98 Å². The minimum atomic E-state index is -2.19. The highest BCUT2D eigenvalue weighted by molar-refractivity contribution is 7.73. The molecule has 0 N–H and O–H groups in total. The molecule has 2 saturated carbocycles. The third-order valence-electron chi connectivity index (χ3n) is 3.23. The minimum Gasteiger partial charge on any atom is -0.448 e. The van der Waals surface area contributed by atoms with Crippen LogP contribution in [-0.4, -0.2) is 16.3 Å². The largest absolute Gasteiger partial charge is 0.448 e. The SMILES string of the molecule is Cc1ocnc1P(=O)(C1CC1)C1CC1. The fourth-order valence-corrected chi connectivity index (χ4v) is 6.09. The summed E-state index contributed by atoms with van der Waals surface area (Å²) >= 11 is 0. The molecule has 0 spiro atoms. The van der Waals surface area contributed by atoms with Crippen molar-refractivity contribution in [2.24, 2.45) is 0 Å². The Labute approximate surface area is 83.3 Å². The number of nitrogens with zero attached hydrogens (tertiary/aromatic N) is 1. The molecule has 0 bridgehead atoms. The predicted molar refractivity (Wildman–Crippen MR) is 54.5 cm³/mol. The van der Waals surface area contributed by atoms with E-state index in [1.165, 1.54) is 6.39 Å². The normalized spacial score (nSPS) is 22.6. The first kappa shape index (κ1) is 8.72. The molecule has 2 fully saturated rings. The van der Waals surface area contributed by atoms with Crippen LogP contribution in [0.4, 0.5) is 0 Å². The average Bonchev–Trinajstić information content (AvgIpc) is 3.00. The second kappa shape index (κ2) is 2.73. The first-order valence-corrected chi connectivity index (χ1v) is 7.07. The average molecular weight is 211 g/mol. The summed E-state index contributed by atoms with van der Waals surface area (Å²) in [6.45, 7) is 1.87. The molecule has 14 heavy (non-hydrogen) atoms. The van der Waals surface area contributed by atoms with Crippen LogP contribution >= 0.6 is 7.14 Å². The first-order valence-electron chi connectivity index (χ1n) is 5.23. The van der Waals surface area contributed by atoms with E-state index in [1.54, 1.807) is 0 Å². The molecule has 3 nitrogen and oxygen atoms in total. The highest BCUT2D eigenvalue weighted by atomic mass is 31.2. The molecule has 0 aromatic carbocycles. The second-order valence-corrected chi connectivity index (χ2v) is 7.71. The highest BCUT2D eigenvalue weighted by Gasteiger charge is 2.53. The van der Waals surface area contributed by atoms with E-state index in [1.807, 2.05) is 6.92 Å². The molecule has 0 amide bonds. The molecule has 3 rings (SSSR count). The van der Waals surface area contributed by atoms with Gasteiger partial charge in [-0.1, -0.05) is 0 Å². The predicted octanol–water partition coefficient (Wildman–Crippen LogP) is 2.30. The zero-order chi connectivity index (χ0) is 9.76. The van der Waals surface area contributed by atoms with Gasteiger partial charge < -0.3 is 8.98 Å². The Hall–Kier alpha value is -0.560. The van der Waals surface area contributed by atoms with Gasteiger partial charge in [-0.2, -0.15) is 0 Å². The molecule has 1 aromatic rings. The Morgan fingerprint density at radius 1 is 1.36 bits per heavy atom. The van der Waals surface area contributed by atoms with E-state index in [4.69, 9.17) is 4.42 Å². The lowest BCUT2D eigenvalue weighted by atomic mass is 10.6. The van der Waals surface area contributed by atoms with E-state index >= 15 is 0 Å². The summed E-state index contributed by atoms with van der Waals surface area (Å²) in [6.07, 6.45) is 5.93.